The molecule has 0 bridgehead atoms. The van der Waals surface area contributed by atoms with Crippen LogP contribution >= 0.6 is 46.6 Å². The normalized spacial score (nSPS) is 11.8. The third-order valence-electron chi connectivity index (χ3n) is 4.48. The average molecular weight is 488 g/mol. The molecule has 0 fully saturated rings. The molecule has 8 heteroatoms. The van der Waals surface area contributed by atoms with Gasteiger partial charge in [0.05, 0.1) is 5.75 Å². The van der Waals surface area contributed by atoms with E-state index in [0.29, 0.717) is 33.8 Å². The number of carbonyl (C=O) groups is 2. The van der Waals surface area contributed by atoms with Crippen molar-refractivity contribution in [3.8, 4) is 0 Å². The lowest BCUT2D eigenvalue weighted by molar-refractivity contribution is -0.139. The maximum atomic E-state index is 13.1. The smallest absolute Gasteiger partial charge is 0.242 e. The molecule has 0 aromatic heterocycles. The summed E-state index contributed by atoms with van der Waals surface area (Å²) < 4.78 is 0. The number of thioether (sulfide) groups is 1. The van der Waals surface area contributed by atoms with E-state index in [1.807, 2.05) is 38.1 Å². The summed E-state index contributed by atoms with van der Waals surface area (Å²) >= 11 is 19.8. The van der Waals surface area contributed by atoms with Crippen LogP contribution in [0.3, 0.4) is 0 Å². The number of nitrogens with one attached hydrogen (secondary N) is 1. The molecule has 0 saturated carbocycles. The molecule has 1 atom stereocenters. The summed E-state index contributed by atoms with van der Waals surface area (Å²) in [4.78, 5) is 27.3. The highest BCUT2D eigenvalue weighted by atomic mass is 35.5. The topological polar surface area (TPSA) is 49.4 Å². The van der Waals surface area contributed by atoms with Crippen LogP contribution in [0.5, 0.6) is 0 Å². The first-order valence-electron chi connectivity index (χ1n) is 9.69. The van der Waals surface area contributed by atoms with Gasteiger partial charge in [-0.05, 0) is 48.7 Å². The lowest BCUT2D eigenvalue weighted by atomic mass is 10.1. The SMILES string of the molecule is CCNC(=O)[C@H](CC)N(Cc1ccc(Cl)cc1Cl)C(=O)CSCc1cccc(Cl)c1. The molecular weight excluding hydrogens is 463 g/mol. The molecule has 0 unspecified atom stereocenters. The minimum atomic E-state index is -0.573. The van der Waals surface area contributed by atoms with Gasteiger partial charge < -0.3 is 10.2 Å². The maximum absolute atomic E-state index is 13.1. The van der Waals surface area contributed by atoms with Crippen LogP contribution < -0.4 is 5.32 Å². The molecule has 2 aromatic rings. The predicted molar refractivity (Wildman–Crippen MR) is 127 cm³/mol. The summed E-state index contributed by atoms with van der Waals surface area (Å²) in [6, 6.07) is 12.1. The maximum Gasteiger partial charge on any atom is 0.242 e. The Hall–Kier alpha value is -1.40. The molecule has 1 N–H and O–H groups in total. The first-order chi connectivity index (χ1) is 14.3. The molecular formula is C22H25Cl3N2O2S. The number of rotatable bonds is 10. The fourth-order valence-corrected chi connectivity index (χ4v) is 4.55. The van der Waals surface area contributed by atoms with E-state index in [2.05, 4.69) is 5.32 Å². The second kappa shape index (κ2) is 12.5. The summed E-state index contributed by atoms with van der Waals surface area (Å²) in [6.45, 7) is 4.49. The third-order valence-corrected chi connectivity index (χ3v) is 6.29. The van der Waals surface area contributed by atoms with Gasteiger partial charge in [0.25, 0.3) is 0 Å². The number of hydrogen-bond donors (Lipinski definition) is 1. The van der Waals surface area contributed by atoms with Crippen molar-refractivity contribution in [3.63, 3.8) is 0 Å². The highest BCUT2D eigenvalue weighted by Crippen LogP contribution is 2.24. The first-order valence-corrected chi connectivity index (χ1v) is 12.0. The van der Waals surface area contributed by atoms with Crippen LogP contribution in [-0.4, -0.2) is 35.1 Å². The number of halogens is 3. The standard InChI is InChI=1S/C22H25Cl3N2O2S/c1-3-20(22(29)26-4-2)27(12-16-8-9-18(24)11-19(16)25)21(28)14-30-13-15-6-5-7-17(23)10-15/h5-11,20H,3-4,12-14H2,1-2H3,(H,26,29)/t20-/m0/s1. The zero-order valence-electron chi connectivity index (χ0n) is 17.0. The molecule has 0 spiro atoms. The van der Waals surface area contributed by atoms with E-state index in [0.717, 1.165) is 11.1 Å². The Morgan fingerprint density at radius 1 is 1.07 bits per heavy atom. The molecule has 0 aliphatic heterocycles. The van der Waals surface area contributed by atoms with Crippen LogP contribution in [-0.2, 0) is 21.9 Å². The quantitative estimate of drug-likeness (QED) is 0.459. The fraction of sp³-hybridized carbons (Fsp3) is 0.364. The van der Waals surface area contributed by atoms with Crippen LogP contribution in [0.2, 0.25) is 15.1 Å². The Morgan fingerprint density at radius 3 is 2.43 bits per heavy atom. The highest BCUT2D eigenvalue weighted by Gasteiger charge is 2.28. The van der Waals surface area contributed by atoms with Crippen molar-refractivity contribution in [2.24, 2.45) is 0 Å². The molecule has 2 rings (SSSR count). The van der Waals surface area contributed by atoms with E-state index >= 15 is 0 Å². The van der Waals surface area contributed by atoms with Crippen molar-refractivity contribution in [1.29, 1.82) is 0 Å². The van der Waals surface area contributed by atoms with Gasteiger partial charge in [-0.15, -0.1) is 11.8 Å². The average Bonchev–Trinajstić information content (AvgIpc) is 2.69. The molecule has 0 saturated heterocycles. The van der Waals surface area contributed by atoms with Gasteiger partial charge in [-0.25, -0.2) is 0 Å². The lowest BCUT2D eigenvalue weighted by Crippen LogP contribution is -2.49. The third kappa shape index (κ3) is 7.38. The van der Waals surface area contributed by atoms with Crippen molar-refractivity contribution in [2.75, 3.05) is 12.3 Å². The minimum Gasteiger partial charge on any atom is -0.355 e. The Balaban J connectivity index is 2.15. The second-order valence-corrected chi connectivity index (χ2v) is 8.96. The summed E-state index contributed by atoms with van der Waals surface area (Å²) in [5, 5.41) is 4.48. The van der Waals surface area contributed by atoms with Crippen molar-refractivity contribution in [2.45, 2.75) is 38.6 Å². The van der Waals surface area contributed by atoms with Crippen LogP contribution in [0.1, 0.15) is 31.4 Å². The largest absolute Gasteiger partial charge is 0.355 e. The predicted octanol–water partition coefficient (Wildman–Crippen LogP) is 5.82. The van der Waals surface area contributed by atoms with E-state index in [1.54, 1.807) is 23.1 Å². The zero-order chi connectivity index (χ0) is 22.1. The number of amides is 2. The van der Waals surface area contributed by atoms with Gasteiger partial charge in [0.1, 0.15) is 6.04 Å². The van der Waals surface area contributed by atoms with E-state index in [4.69, 9.17) is 34.8 Å². The zero-order valence-corrected chi connectivity index (χ0v) is 20.0. The number of nitrogens with zero attached hydrogens (tertiary/aromatic N) is 1. The molecule has 30 heavy (non-hydrogen) atoms. The van der Waals surface area contributed by atoms with Crippen LogP contribution in [0.15, 0.2) is 42.5 Å². The van der Waals surface area contributed by atoms with Crippen LogP contribution in [0.25, 0.3) is 0 Å². The minimum absolute atomic E-state index is 0.119. The number of carbonyl (C=O) groups excluding carboxylic acids is 2. The van der Waals surface area contributed by atoms with Gasteiger partial charge in [-0.2, -0.15) is 0 Å². The van der Waals surface area contributed by atoms with Crippen molar-refractivity contribution in [1.82, 2.24) is 10.2 Å². The van der Waals surface area contributed by atoms with Crippen molar-refractivity contribution in [3.05, 3.63) is 68.7 Å². The number of benzene rings is 2. The molecule has 0 aliphatic carbocycles. The fourth-order valence-electron chi connectivity index (χ4n) is 3.01. The van der Waals surface area contributed by atoms with Crippen molar-refractivity contribution < 1.29 is 9.59 Å². The highest BCUT2D eigenvalue weighted by molar-refractivity contribution is 7.99. The molecule has 0 radical (unpaired) electrons. The molecule has 0 aliphatic rings. The van der Waals surface area contributed by atoms with E-state index in [-0.39, 0.29) is 24.1 Å². The number of hydrogen-bond acceptors (Lipinski definition) is 3. The van der Waals surface area contributed by atoms with E-state index in [1.165, 1.54) is 11.8 Å². The molecule has 162 valence electrons. The van der Waals surface area contributed by atoms with Crippen LogP contribution in [0, 0.1) is 0 Å². The Bertz CT molecular complexity index is 879. The summed E-state index contributed by atoms with van der Waals surface area (Å²) in [6.07, 6.45) is 0.502. The molecule has 4 nitrogen and oxygen atoms in total. The molecule has 0 heterocycles. The molecule has 2 aromatic carbocycles. The van der Waals surface area contributed by atoms with Gasteiger partial charge in [0, 0.05) is 33.9 Å². The van der Waals surface area contributed by atoms with Crippen LogP contribution in [0.4, 0.5) is 0 Å². The van der Waals surface area contributed by atoms with Gasteiger partial charge in [-0.1, -0.05) is 59.9 Å². The first kappa shape index (κ1) is 24.9. The summed E-state index contributed by atoms with van der Waals surface area (Å²) in [5.74, 6) is 0.609. The Labute approximate surface area is 197 Å². The van der Waals surface area contributed by atoms with Gasteiger partial charge >= 0.3 is 0 Å². The monoisotopic (exact) mass is 486 g/mol. The van der Waals surface area contributed by atoms with Gasteiger partial charge in [0.2, 0.25) is 11.8 Å². The van der Waals surface area contributed by atoms with Crippen molar-refractivity contribution >= 4 is 58.4 Å². The number of likely N-dealkylation sites (N-methyl/N-ethyl adjacent to an activating group) is 1. The van der Waals surface area contributed by atoms with E-state index in [9.17, 15) is 9.59 Å². The Morgan fingerprint density at radius 2 is 1.80 bits per heavy atom. The van der Waals surface area contributed by atoms with Gasteiger partial charge in [0.15, 0.2) is 0 Å². The Kier molecular flexibility index (Phi) is 10.3. The lowest BCUT2D eigenvalue weighted by Gasteiger charge is -2.30. The molecule has 2 amide bonds. The van der Waals surface area contributed by atoms with E-state index < -0.39 is 6.04 Å². The second-order valence-electron chi connectivity index (χ2n) is 6.70. The summed E-state index contributed by atoms with van der Waals surface area (Å²) in [5.41, 5.74) is 1.79. The summed E-state index contributed by atoms with van der Waals surface area (Å²) in [7, 11) is 0. The van der Waals surface area contributed by atoms with Gasteiger partial charge in [-0.3, -0.25) is 9.59 Å².